The van der Waals surface area contributed by atoms with Crippen molar-refractivity contribution >= 4 is 11.7 Å². The zero-order valence-electron chi connectivity index (χ0n) is 12.2. The quantitative estimate of drug-likeness (QED) is 0.787. The fraction of sp³-hybridized carbons (Fsp3) is 0.529. The minimum absolute atomic E-state index is 0.118. The number of fused-ring (bicyclic) bond motifs is 1. The van der Waals surface area contributed by atoms with E-state index in [1.165, 1.54) is 0 Å². The first-order valence-corrected chi connectivity index (χ1v) is 7.49. The number of Topliss-reactive ketones (excluding diaryl/α,β-unsaturated/α-hetero) is 1. The van der Waals surface area contributed by atoms with Gasteiger partial charge in [0, 0.05) is 25.1 Å². The lowest BCUT2D eigenvalue weighted by atomic mass is 9.93. The van der Waals surface area contributed by atoms with Crippen molar-refractivity contribution < 1.29 is 9.59 Å². The van der Waals surface area contributed by atoms with Gasteiger partial charge in [0.15, 0.2) is 5.78 Å². The zero-order valence-corrected chi connectivity index (χ0v) is 12.2. The Labute approximate surface area is 120 Å². The number of amides is 1. The molecular formula is C17H21NO2. The topological polar surface area (TPSA) is 37.4 Å². The molecule has 0 aromatic heterocycles. The van der Waals surface area contributed by atoms with Gasteiger partial charge < -0.3 is 4.90 Å². The molecule has 1 atom stereocenters. The molecule has 0 spiro atoms. The van der Waals surface area contributed by atoms with Gasteiger partial charge >= 0.3 is 0 Å². The molecule has 1 saturated heterocycles. The molecule has 2 aliphatic rings. The average molecular weight is 271 g/mol. The smallest absolute Gasteiger partial charge is 0.230 e. The maximum Gasteiger partial charge on any atom is 0.230 e. The van der Waals surface area contributed by atoms with Gasteiger partial charge in [-0.05, 0) is 36.8 Å². The molecule has 0 radical (unpaired) electrons. The van der Waals surface area contributed by atoms with Gasteiger partial charge in [-0.1, -0.05) is 25.1 Å². The van der Waals surface area contributed by atoms with Crippen LogP contribution in [0, 0.1) is 12.8 Å². The molecule has 1 aromatic rings. The van der Waals surface area contributed by atoms with Gasteiger partial charge in [-0.3, -0.25) is 9.59 Å². The van der Waals surface area contributed by atoms with E-state index in [1.807, 2.05) is 30.0 Å². The van der Waals surface area contributed by atoms with Gasteiger partial charge in [-0.2, -0.15) is 0 Å². The minimum Gasteiger partial charge on any atom is -0.342 e. The van der Waals surface area contributed by atoms with E-state index in [9.17, 15) is 9.59 Å². The summed E-state index contributed by atoms with van der Waals surface area (Å²) in [5, 5.41) is 0. The van der Waals surface area contributed by atoms with Gasteiger partial charge in [0.25, 0.3) is 0 Å². The number of ketones is 1. The number of aryl methyl sites for hydroxylation is 1. The van der Waals surface area contributed by atoms with Crippen LogP contribution in [0.4, 0.5) is 0 Å². The molecular weight excluding hydrogens is 250 g/mol. The van der Waals surface area contributed by atoms with Crippen molar-refractivity contribution in [2.24, 2.45) is 5.92 Å². The Hall–Kier alpha value is -1.64. The maximum absolute atomic E-state index is 12.7. The summed E-state index contributed by atoms with van der Waals surface area (Å²) in [5.41, 5.74) is 2.80. The molecule has 1 unspecified atom stereocenters. The number of benzene rings is 1. The summed E-state index contributed by atoms with van der Waals surface area (Å²) in [5.74, 6) is 0.733. The largest absolute Gasteiger partial charge is 0.342 e. The summed E-state index contributed by atoms with van der Waals surface area (Å²) < 4.78 is 0. The van der Waals surface area contributed by atoms with E-state index in [0.717, 1.165) is 42.6 Å². The number of carbonyl (C=O) groups is 2. The number of carbonyl (C=O) groups excluding carboxylic acids is 2. The van der Waals surface area contributed by atoms with Crippen molar-refractivity contribution in [3.63, 3.8) is 0 Å². The van der Waals surface area contributed by atoms with Gasteiger partial charge in [-0.25, -0.2) is 0 Å². The molecule has 1 fully saturated rings. The lowest BCUT2D eigenvalue weighted by Gasteiger charge is -2.32. The number of piperidine rings is 1. The molecule has 1 aromatic carbocycles. The summed E-state index contributed by atoms with van der Waals surface area (Å²) in [6.07, 6.45) is 2.51. The summed E-state index contributed by atoms with van der Waals surface area (Å²) in [4.78, 5) is 26.8. The third-order valence-electron chi connectivity index (χ3n) is 4.76. The minimum atomic E-state index is -0.243. The van der Waals surface area contributed by atoms with Crippen LogP contribution in [-0.4, -0.2) is 29.7 Å². The highest BCUT2D eigenvalue weighted by Crippen LogP contribution is 2.37. The monoisotopic (exact) mass is 271 g/mol. The lowest BCUT2D eigenvalue weighted by molar-refractivity contribution is -0.134. The first-order chi connectivity index (χ1) is 9.58. The van der Waals surface area contributed by atoms with E-state index in [-0.39, 0.29) is 17.6 Å². The van der Waals surface area contributed by atoms with Crippen LogP contribution in [0.2, 0.25) is 0 Å². The molecule has 1 heterocycles. The summed E-state index contributed by atoms with van der Waals surface area (Å²) >= 11 is 0. The molecule has 20 heavy (non-hydrogen) atoms. The predicted octanol–water partition coefficient (Wildman–Crippen LogP) is 2.92. The van der Waals surface area contributed by atoms with Gasteiger partial charge in [0.1, 0.15) is 0 Å². The normalized spacial score (nSPS) is 23.0. The fourth-order valence-electron chi connectivity index (χ4n) is 3.44. The first kappa shape index (κ1) is 13.3. The average Bonchev–Trinajstić information content (AvgIpc) is 2.78. The van der Waals surface area contributed by atoms with Gasteiger partial charge in [-0.15, -0.1) is 0 Å². The van der Waals surface area contributed by atoms with Crippen molar-refractivity contribution in [1.82, 2.24) is 4.90 Å². The Balaban J connectivity index is 1.86. The Kier molecular flexibility index (Phi) is 3.36. The van der Waals surface area contributed by atoms with E-state index in [0.29, 0.717) is 12.3 Å². The van der Waals surface area contributed by atoms with Crippen LogP contribution in [-0.2, 0) is 4.79 Å². The van der Waals surface area contributed by atoms with Crippen molar-refractivity contribution in [1.29, 1.82) is 0 Å². The van der Waals surface area contributed by atoms with Crippen LogP contribution < -0.4 is 0 Å². The number of hydrogen-bond donors (Lipinski definition) is 0. The number of rotatable bonds is 1. The summed E-state index contributed by atoms with van der Waals surface area (Å²) in [7, 11) is 0. The highest BCUT2D eigenvalue weighted by Gasteiger charge is 2.38. The summed E-state index contributed by atoms with van der Waals surface area (Å²) in [6, 6.07) is 5.76. The highest BCUT2D eigenvalue weighted by molar-refractivity contribution is 6.07. The third kappa shape index (κ3) is 2.15. The van der Waals surface area contributed by atoms with E-state index < -0.39 is 0 Å². The van der Waals surface area contributed by atoms with Crippen LogP contribution in [0.1, 0.15) is 53.6 Å². The van der Waals surface area contributed by atoms with Crippen LogP contribution in [0.15, 0.2) is 18.2 Å². The molecule has 106 valence electrons. The third-order valence-corrected chi connectivity index (χ3v) is 4.76. The molecule has 0 N–H and O–H groups in total. The van der Waals surface area contributed by atoms with Crippen LogP contribution in [0.5, 0.6) is 0 Å². The van der Waals surface area contributed by atoms with E-state index in [2.05, 4.69) is 6.92 Å². The first-order valence-electron chi connectivity index (χ1n) is 7.49. The predicted molar refractivity (Wildman–Crippen MR) is 77.8 cm³/mol. The second-order valence-electron chi connectivity index (χ2n) is 6.22. The molecule has 1 amide bonds. The van der Waals surface area contributed by atoms with Gasteiger partial charge in [0.05, 0.1) is 5.92 Å². The van der Waals surface area contributed by atoms with Crippen LogP contribution in [0.25, 0.3) is 0 Å². The van der Waals surface area contributed by atoms with E-state index >= 15 is 0 Å². The number of hydrogen-bond acceptors (Lipinski definition) is 2. The molecule has 1 aliphatic carbocycles. The summed E-state index contributed by atoms with van der Waals surface area (Å²) in [6.45, 7) is 5.91. The molecule has 1 aliphatic heterocycles. The van der Waals surface area contributed by atoms with Crippen LogP contribution >= 0.6 is 0 Å². The molecule has 3 heteroatoms. The van der Waals surface area contributed by atoms with Crippen molar-refractivity contribution in [2.45, 2.75) is 39.0 Å². The molecule has 0 bridgehead atoms. The number of likely N-dealkylation sites (tertiary alicyclic amines) is 1. The molecule has 3 nitrogen and oxygen atoms in total. The van der Waals surface area contributed by atoms with Crippen molar-refractivity contribution in [2.75, 3.05) is 13.1 Å². The van der Waals surface area contributed by atoms with E-state index in [1.54, 1.807) is 0 Å². The van der Waals surface area contributed by atoms with Crippen LogP contribution in [0.3, 0.4) is 0 Å². The SMILES string of the molecule is Cc1cccc2c1C(C(=O)N1CCC(C)CC1)CC2=O. The number of nitrogens with zero attached hydrogens (tertiary/aromatic N) is 1. The lowest BCUT2D eigenvalue weighted by Crippen LogP contribution is -2.40. The fourth-order valence-corrected chi connectivity index (χ4v) is 3.44. The Morgan fingerprint density at radius 1 is 1.25 bits per heavy atom. The maximum atomic E-state index is 12.7. The van der Waals surface area contributed by atoms with E-state index in [4.69, 9.17) is 0 Å². The highest BCUT2D eigenvalue weighted by atomic mass is 16.2. The Morgan fingerprint density at radius 3 is 2.65 bits per heavy atom. The van der Waals surface area contributed by atoms with Crippen molar-refractivity contribution in [3.05, 3.63) is 34.9 Å². The Morgan fingerprint density at radius 2 is 1.95 bits per heavy atom. The second-order valence-corrected chi connectivity index (χ2v) is 6.22. The Bertz CT molecular complexity index is 556. The molecule has 0 saturated carbocycles. The zero-order chi connectivity index (χ0) is 14.3. The van der Waals surface area contributed by atoms with Gasteiger partial charge in [0.2, 0.25) is 5.91 Å². The van der Waals surface area contributed by atoms with Crippen molar-refractivity contribution in [3.8, 4) is 0 Å². The molecule has 3 rings (SSSR count). The standard InChI is InChI=1S/C17H21NO2/c1-11-6-8-18(9-7-11)17(20)14-10-15(19)13-5-3-4-12(2)16(13)14/h3-5,11,14H,6-10H2,1-2H3. The second kappa shape index (κ2) is 5.04.